The minimum Gasteiger partial charge on any atom is -0.488 e. The number of ether oxygens (including phenoxy) is 1. The number of non-ortho nitro benzene ring substituents is 1. The molecule has 0 aliphatic carbocycles. The predicted molar refractivity (Wildman–Crippen MR) is 134 cm³/mol. The lowest BCUT2D eigenvalue weighted by molar-refractivity contribution is -0.384. The number of nitro benzene ring substituents is 1. The third-order valence-corrected chi connectivity index (χ3v) is 5.87. The van der Waals surface area contributed by atoms with Crippen LogP contribution in [0, 0.1) is 24.0 Å². The number of nitro groups is 1. The van der Waals surface area contributed by atoms with Crippen molar-refractivity contribution in [3.05, 3.63) is 104 Å². The van der Waals surface area contributed by atoms with Crippen molar-refractivity contribution >= 4 is 46.9 Å². The SMILES string of the molecule is Cc1ccc(COc2ccc(Cl)cc2/C=C2\C(=O)NC(=O)N(c3cccc([N+](=O)[O-])c3)C2=O)cc1C. The maximum Gasteiger partial charge on any atom is 0.335 e. The van der Waals surface area contributed by atoms with Gasteiger partial charge in [-0.1, -0.05) is 35.9 Å². The number of urea groups is 1. The maximum absolute atomic E-state index is 13.2. The molecule has 1 heterocycles. The van der Waals surface area contributed by atoms with Gasteiger partial charge in [-0.05, 0) is 60.9 Å². The first-order valence-electron chi connectivity index (χ1n) is 10.8. The minimum atomic E-state index is -1.01. The number of nitrogens with one attached hydrogen (secondary N) is 1. The molecule has 182 valence electrons. The zero-order valence-corrected chi connectivity index (χ0v) is 20.0. The van der Waals surface area contributed by atoms with Gasteiger partial charge in [0.2, 0.25) is 0 Å². The van der Waals surface area contributed by atoms with Crippen molar-refractivity contribution in [3.63, 3.8) is 0 Å². The molecule has 0 aromatic heterocycles. The number of amides is 4. The Kier molecular flexibility index (Phi) is 6.84. The number of nitrogens with zero attached hydrogens (tertiary/aromatic N) is 2. The number of benzene rings is 3. The zero-order chi connectivity index (χ0) is 26.0. The molecule has 0 saturated carbocycles. The highest BCUT2D eigenvalue weighted by Gasteiger charge is 2.37. The van der Waals surface area contributed by atoms with Crippen molar-refractivity contribution in [2.24, 2.45) is 0 Å². The van der Waals surface area contributed by atoms with Gasteiger partial charge in [-0.15, -0.1) is 0 Å². The fourth-order valence-electron chi connectivity index (χ4n) is 3.61. The normalized spacial score (nSPS) is 14.7. The number of carbonyl (C=O) groups is 3. The molecule has 0 atom stereocenters. The van der Waals surface area contributed by atoms with Gasteiger partial charge in [0.25, 0.3) is 17.5 Å². The van der Waals surface area contributed by atoms with E-state index in [4.69, 9.17) is 16.3 Å². The standard InChI is InChI=1S/C26H20ClN3O6/c1-15-6-7-17(10-16(15)2)14-36-23-9-8-19(27)11-18(23)12-22-24(31)28-26(33)29(25(22)32)20-4-3-5-21(13-20)30(34)35/h3-13H,14H2,1-2H3,(H,28,31,33)/b22-12+. The van der Waals surface area contributed by atoms with Crippen LogP contribution in [0.4, 0.5) is 16.2 Å². The van der Waals surface area contributed by atoms with Crippen LogP contribution in [-0.2, 0) is 16.2 Å². The average molecular weight is 506 g/mol. The average Bonchev–Trinajstić information content (AvgIpc) is 2.83. The monoisotopic (exact) mass is 505 g/mol. The quantitative estimate of drug-likeness (QED) is 0.215. The summed E-state index contributed by atoms with van der Waals surface area (Å²) in [6.45, 7) is 4.24. The number of hydrogen-bond donors (Lipinski definition) is 1. The molecule has 3 aromatic rings. The Labute approximate surface area is 211 Å². The summed E-state index contributed by atoms with van der Waals surface area (Å²) in [4.78, 5) is 49.4. The van der Waals surface area contributed by atoms with Gasteiger partial charge in [-0.2, -0.15) is 0 Å². The molecule has 3 aromatic carbocycles. The van der Waals surface area contributed by atoms with Gasteiger partial charge in [0.05, 0.1) is 10.6 Å². The summed E-state index contributed by atoms with van der Waals surface area (Å²) in [6, 6.07) is 14.7. The third kappa shape index (κ3) is 5.11. The third-order valence-electron chi connectivity index (χ3n) is 5.64. The van der Waals surface area contributed by atoms with Crippen LogP contribution in [0.2, 0.25) is 5.02 Å². The summed E-state index contributed by atoms with van der Waals surface area (Å²) >= 11 is 6.16. The number of anilines is 1. The molecule has 9 nitrogen and oxygen atoms in total. The first-order valence-corrected chi connectivity index (χ1v) is 11.2. The molecule has 4 rings (SSSR count). The van der Waals surface area contributed by atoms with Crippen LogP contribution in [-0.4, -0.2) is 22.8 Å². The van der Waals surface area contributed by atoms with E-state index in [1.807, 2.05) is 32.0 Å². The summed E-state index contributed by atoms with van der Waals surface area (Å²) in [7, 11) is 0. The summed E-state index contributed by atoms with van der Waals surface area (Å²) in [5, 5.41) is 13.6. The summed E-state index contributed by atoms with van der Waals surface area (Å²) < 4.78 is 5.96. The smallest absolute Gasteiger partial charge is 0.335 e. The van der Waals surface area contributed by atoms with Crippen LogP contribution in [0.5, 0.6) is 5.75 Å². The lowest BCUT2D eigenvalue weighted by Gasteiger charge is -2.26. The van der Waals surface area contributed by atoms with Crippen molar-refractivity contribution in [1.29, 1.82) is 0 Å². The molecular formula is C26H20ClN3O6. The largest absolute Gasteiger partial charge is 0.488 e. The van der Waals surface area contributed by atoms with E-state index in [1.165, 1.54) is 30.3 Å². The van der Waals surface area contributed by atoms with E-state index in [0.29, 0.717) is 21.2 Å². The van der Waals surface area contributed by atoms with E-state index in [9.17, 15) is 24.5 Å². The van der Waals surface area contributed by atoms with Gasteiger partial charge < -0.3 is 4.74 Å². The molecule has 1 N–H and O–H groups in total. The second kappa shape index (κ2) is 10.0. The highest BCUT2D eigenvalue weighted by molar-refractivity contribution is 6.39. The molecule has 0 unspecified atom stereocenters. The van der Waals surface area contributed by atoms with Gasteiger partial charge in [0.1, 0.15) is 17.9 Å². The van der Waals surface area contributed by atoms with Crippen LogP contribution in [0.25, 0.3) is 6.08 Å². The molecule has 4 amide bonds. The number of hydrogen-bond acceptors (Lipinski definition) is 6. The van der Waals surface area contributed by atoms with Gasteiger partial charge in [0.15, 0.2) is 0 Å². The van der Waals surface area contributed by atoms with Gasteiger partial charge >= 0.3 is 6.03 Å². The lowest BCUT2D eigenvalue weighted by atomic mass is 10.1. The van der Waals surface area contributed by atoms with Crippen molar-refractivity contribution in [2.45, 2.75) is 20.5 Å². The number of barbiturate groups is 1. The van der Waals surface area contributed by atoms with Crippen molar-refractivity contribution < 1.29 is 24.0 Å². The highest BCUT2D eigenvalue weighted by atomic mass is 35.5. The molecule has 0 radical (unpaired) electrons. The van der Waals surface area contributed by atoms with E-state index in [2.05, 4.69) is 5.32 Å². The van der Waals surface area contributed by atoms with Gasteiger partial charge in [0, 0.05) is 22.7 Å². The van der Waals surface area contributed by atoms with E-state index in [-0.39, 0.29) is 23.6 Å². The summed E-state index contributed by atoms with van der Waals surface area (Å²) in [6.07, 6.45) is 1.27. The summed E-state index contributed by atoms with van der Waals surface area (Å²) in [5.74, 6) is -1.49. The highest BCUT2D eigenvalue weighted by Crippen LogP contribution is 2.29. The second-order valence-electron chi connectivity index (χ2n) is 8.12. The van der Waals surface area contributed by atoms with E-state index < -0.39 is 22.8 Å². The number of carbonyl (C=O) groups excluding carboxylic acids is 3. The van der Waals surface area contributed by atoms with Crippen LogP contribution in [0.3, 0.4) is 0 Å². The molecule has 0 bridgehead atoms. The van der Waals surface area contributed by atoms with Crippen LogP contribution >= 0.6 is 11.6 Å². The number of rotatable bonds is 6. The van der Waals surface area contributed by atoms with E-state index in [0.717, 1.165) is 22.8 Å². The summed E-state index contributed by atoms with van der Waals surface area (Å²) in [5.41, 5.74) is 2.82. The molecule has 10 heteroatoms. The van der Waals surface area contributed by atoms with Crippen LogP contribution in [0.1, 0.15) is 22.3 Å². The van der Waals surface area contributed by atoms with E-state index >= 15 is 0 Å². The Morgan fingerprint density at radius 3 is 2.53 bits per heavy atom. The molecule has 1 aliphatic rings. The zero-order valence-electron chi connectivity index (χ0n) is 19.3. The number of aryl methyl sites for hydroxylation is 2. The Bertz CT molecular complexity index is 1450. The maximum atomic E-state index is 13.2. The number of imide groups is 2. The second-order valence-corrected chi connectivity index (χ2v) is 8.56. The number of halogens is 1. The fourth-order valence-corrected chi connectivity index (χ4v) is 3.79. The van der Waals surface area contributed by atoms with Gasteiger partial charge in [-0.3, -0.25) is 25.0 Å². The van der Waals surface area contributed by atoms with E-state index in [1.54, 1.807) is 12.1 Å². The van der Waals surface area contributed by atoms with Crippen molar-refractivity contribution in [1.82, 2.24) is 5.32 Å². The Balaban J connectivity index is 1.68. The Morgan fingerprint density at radius 1 is 1.03 bits per heavy atom. The van der Waals surface area contributed by atoms with Gasteiger partial charge in [-0.25, -0.2) is 9.69 Å². The topological polar surface area (TPSA) is 119 Å². The molecular weight excluding hydrogens is 486 g/mol. The molecule has 36 heavy (non-hydrogen) atoms. The van der Waals surface area contributed by atoms with Crippen LogP contribution in [0.15, 0.2) is 66.2 Å². The first kappa shape index (κ1) is 24.6. The first-order chi connectivity index (χ1) is 17.1. The Morgan fingerprint density at radius 2 is 1.81 bits per heavy atom. The Hall–Kier alpha value is -4.50. The molecule has 0 spiro atoms. The molecule has 1 saturated heterocycles. The molecule has 1 fully saturated rings. The van der Waals surface area contributed by atoms with Crippen molar-refractivity contribution in [3.8, 4) is 5.75 Å². The lowest BCUT2D eigenvalue weighted by Crippen LogP contribution is -2.54. The molecule has 1 aliphatic heterocycles. The predicted octanol–water partition coefficient (Wildman–Crippen LogP) is 5.11. The minimum absolute atomic E-state index is 0.0533. The van der Waals surface area contributed by atoms with Crippen LogP contribution < -0.4 is 15.0 Å². The van der Waals surface area contributed by atoms with Crippen molar-refractivity contribution in [2.75, 3.05) is 4.90 Å². The fraction of sp³-hybridized carbons (Fsp3) is 0.115.